The van der Waals surface area contributed by atoms with E-state index in [4.69, 9.17) is 9.47 Å². The summed E-state index contributed by atoms with van der Waals surface area (Å²) in [7, 11) is 0. The van der Waals surface area contributed by atoms with Crippen molar-refractivity contribution >= 4 is 34.9 Å². The Morgan fingerprint density at radius 2 is 1.89 bits per heavy atom. The molecule has 2 fully saturated rings. The van der Waals surface area contributed by atoms with Gasteiger partial charge in [0, 0.05) is 25.8 Å². The van der Waals surface area contributed by atoms with Gasteiger partial charge in [0.2, 0.25) is 12.7 Å². The smallest absolute Gasteiger partial charge is 0.290 e. The van der Waals surface area contributed by atoms with Crippen LogP contribution in [0.25, 0.3) is 17.2 Å². The van der Waals surface area contributed by atoms with Crippen molar-refractivity contribution < 1.29 is 19.1 Å². The summed E-state index contributed by atoms with van der Waals surface area (Å²) in [6.07, 6.45) is 5.42. The number of benzene rings is 2. The number of aromatic nitrogens is 2. The summed E-state index contributed by atoms with van der Waals surface area (Å²) in [4.78, 5) is 34.8. The Morgan fingerprint density at radius 1 is 1.05 bits per heavy atom. The fourth-order valence-electron chi connectivity index (χ4n) is 4.84. The van der Waals surface area contributed by atoms with E-state index in [1.165, 1.54) is 5.56 Å². The van der Waals surface area contributed by atoms with Gasteiger partial charge < -0.3 is 19.7 Å². The molecule has 4 heterocycles. The number of nitrogens with zero attached hydrogens (tertiary/aromatic N) is 3. The van der Waals surface area contributed by atoms with Crippen molar-refractivity contribution in [2.75, 3.05) is 31.3 Å². The van der Waals surface area contributed by atoms with Gasteiger partial charge in [-0.2, -0.15) is 0 Å². The predicted octanol–water partition coefficient (Wildman–Crippen LogP) is 4.20. The van der Waals surface area contributed by atoms with Gasteiger partial charge in [0.05, 0.1) is 10.6 Å². The van der Waals surface area contributed by atoms with Gasteiger partial charge in [-0.25, -0.2) is 9.97 Å². The van der Waals surface area contributed by atoms with Crippen molar-refractivity contribution in [3.05, 3.63) is 70.9 Å². The molecule has 2 amide bonds. The predicted molar refractivity (Wildman–Crippen MR) is 146 cm³/mol. The number of hydrogen-bond donors (Lipinski definition) is 2. The van der Waals surface area contributed by atoms with Gasteiger partial charge in [0.15, 0.2) is 11.5 Å². The van der Waals surface area contributed by atoms with Crippen molar-refractivity contribution in [3.8, 4) is 22.6 Å². The largest absolute Gasteiger partial charge is 0.454 e. The lowest BCUT2D eigenvalue weighted by Gasteiger charge is -2.32. The van der Waals surface area contributed by atoms with Crippen LogP contribution in [0, 0.1) is 5.92 Å². The topological polar surface area (TPSA) is 106 Å². The Kier molecular flexibility index (Phi) is 6.98. The molecule has 0 bridgehead atoms. The van der Waals surface area contributed by atoms with Crippen LogP contribution >= 0.6 is 11.8 Å². The number of imide groups is 1. The molecule has 1 aromatic heterocycles. The zero-order valence-electron chi connectivity index (χ0n) is 20.7. The molecule has 0 spiro atoms. The Labute approximate surface area is 224 Å². The number of carbonyl (C=O) groups excluding carboxylic acids is 2. The lowest BCUT2D eigenvalue weighted by Crippen LogP contribution is -2.38. The van der Waals surface area contributed by atoms with Crippen LogP contribution in [-0.2, 0) is 11.3 Å². The highest BCUT2D eigenvalue weighted by Gasteiger charge is 2.26. The van der Waals surface area contributed by atoms with Gasteiger partial charge in [-0.15, -0.1) is 0 Å². The zero-order valence-corrected chi connectivity index (χ0v) is 21.5. The average Bonchev–Trinajstić information content (AvgIpc) is 3.54. The first kappa shape index (κ1) is 24.4. The van der Waals surface area contributed by atoms with Crippen LogP contribution < -0.4 is 25.0 Å². The number of fused-ring (bicyclic) bond motifs is 1. The highest BCUT2D eigenvalue weighted by Crippen LogP contribution is 2.36. The quantitative estimate of drug-likeness (QED) is 0.436. The number of thioether (sulfide) groups is 1. The van der Waals surface area contributed by atoms with E-state index >= 15 is 0 Å². The summed E-state index contributed by atoms with van der Waals surface area (Å²) < 4.78 is 10.9. The normalized spacial score (nSPS) is 18.3. The number of nitrogens with one attached hydrogen (secondary N) is 2. The van der Waals surface area contributed by atoms with Gasteiger partial charge >= 0.3 is 0 Å². The fourth-order valence-corrected chi connectivity index (χ4v) is 5.51. The summed E-state index contributed by atoms with van der Waals surface area (Å²) in [5.41, 5.74) is 4.14. The molecule has 0 atom stereocenters. The fraction of sp³-hybridized carbons (Fsp3) is 0.286. The van der Waals surface area contributed by atoms with Crippen molar-refractivity contribution in [3.63, 3.8) is 0 Å². The van der Waals surface area contributed by atoms with Crippen LogP contribution in [0.3, 0.4) is 0 Å². The van der Waals surface area contributed by atoms with Crippen LogP contribution in [0.1, 0.15) is 24.1 Å². The van der Waals surface area contributed by atoms with Crippen molar-refractivity contribution in [2.45, 2.75) is 19.4 Å². The van der Waals surface area contributed by atoms with Crippen molar-refractivity contribution in [1.29, 1.82) is 0 Å². The van der Waals surface area contributed by atoms with Crippen LogP contribution in [-0.4, -0.2) is 47.5 Å². The zero-order chi connectivity index (χ0) is 25.9. The van der Waals surface area contributed by atoms with E-state index < -0.39 is 0 Å². The minimum absolute atomic E-state index is 0.280. The highest BCUT2D eigenvalue weighted by atomic mass is 32.2. The molecule has 3 aliphatic rings. The molecule has 3 aromatic rings. The van der Waals surface area contributed by atoms with Crippen LogP contribution in [0.4, 0.5) is 10.7 Å². The molecule has 3 aliphatic heterocycles. The third kappa shape index (κ3) is 5.51. The van der Waals surface area contributed by atoms with E-state index in [9.17, 15) is 9.59 Å². The monoisotopic (exact) mass is 529 g/mol. The van der Waals surface area contributed by atoms with Crippen molar-refractivity contribution in [2.24, 2.45) is 5.92 Å². The molecule has 0 radical (unpaired) electrons. The lowest BCUT2D eigenvalue weighted by molar-refractivity contribution is -0.115. The van der Waals surface area contributed by atoms with Gasteiger partial charge in [-0.05, 0) is 84.1 Å². The van der Waals surface area contributed by atoms with Gasteiger partial charge in [0.25, 0.3) is 11.1 Å². The molecule has 6 rings (SSSR count). The molecular formula is C28H27N5O4S. The first-order valence-corrected chi connectivity index (χ1v) is 13.4. The SMILES string of the molecule is O=C1NC(=O)/C(=C/c2ccnc(N3CCC(CNCc4cccc(-c5ccc6c(c5)OCO6)c4)CC3)n2)S1. The minimum Gasteiger partial charge on any atom is -0.454 e. The van der Waals surface area contributed by atoms with Crippen LogP contribution in [0.15, 0.2) is 59.6 Å². The lowest BCUT2D eigenvalue weighted by atomic mass is 9.97. The Hall–Kier alpha value is -3.89. The second kappa shape index (κ2) is 10.8. The molecule has 0 aliphatic carbocycles. The molecule has 10 heteroatoms. The number of piperidine rings is 1. The maximum absolute atomic E-state index is 11.8. The van der Waals surface area contributed by atoms with Gasteiger partial charge in [-0.3, -0.25) is 14.9 Å². The maximum atomic E-state index is 11.8. The highest BCUT2D eigenvalue weighted by molar-refractivity contribution is 8.18. The van der Waals surface area contributed by atoms with E-state index in [1.54, 1.807) is 18.3 Å². The molecule has 0 unspecified atom stereocenters. The van der Waals surface area contributed by atoms with Gasteiger partial charge in [-0.1, -0.05) is 24.3 Å². The summed E-state index contributed by atoms with van der Waals surface area (Å²) >= 11 is 0.891. The Balaban J connectivity index is 0.998. The number of anilines is 1. The summed E-state index contributed by atoms with van der Waals surface area (Å²) in [5, 5.41) is 5.54. The van der Waals surface area contributed by atoms with Crippen LogP contribution in [0.2, 0.25) is 0 Å². The minimum atomic E-state index is -0.381. The summed E-state index contributed by atoms with van der Waals surface area (Å²) in [6, 6.07) is 16.4. The second-order valence-corrected chi connectivity index (χ2v) is 10.5. The van der Waals surface area contributed by atoms with E-state index in [2.05, 4.69) is 55.8 Å². The number of rotatable bonds is 7. The standard InChI is InChI=1S/C28H27N5O4S/c34-26-25(38-28(35)32-26)14-22-6-9-30-27(31-22)33-10-7-18(8-11-33)15-29-16-19-2-1-3-20(12-19)21-4-5-23-24(13-21)37-17-36-23/h1-6,9,12-14,18,29H,7-8,10-11,15-17H2,(H,32,34,35)/b25-14-. The van der Waals surface area contributed by atoms with Crippen LogP contribution in [0.5, 0.6) is 11.5 Å². The molecular weight excluding hydrogens is 502 g/mol. The molecule has 2 saturated heterocycles. The van der Waals surface area contributed by atoms with E-state index in [0.717, 1.165) is 73.4 Å². The summed E-state index contributed by atoms with van der Waals surface area (Å²) in [5.74, 6) is 2.44. The molecule has 0 saturated carbocycles. The summed E-state index contributed by atoms with van der Waals surface area (Å²) in [6.45, 7) is 3.79. The number of amides is 2. The molecule has 9 nitrogen and oxygen atoms in total. The first-order chi connectivity index (χ1) is 18.6. The third-order valence-electron chi connectivity index (χ3n) is 6.88. The number of ether oxygens (including phenoxy) is 2. The first-order valence-electron chi connectivity index (χ1n) is 12.6. The second-order valence-electron chi connectivity index (χ2n) is 9.46. The van der Waals surface area contributed by atoms with Gasteiger partial charge in [0.1, 0.15) is 0 Å². The number of carbonyl (C=O) groups is 2. The maximum Gasteiger partial charge on any atom is 0.290 e. The van der Waals surface area contributed by atoms with E-state index in [0.29, 0.717) is 22.5 Å². The molecule has 194 valence electrons. The third-order valence-corrected chi connectivity index (χ3v) is 7.69. The van der Waals surface area contributed by atoms with E-state index in [-0.39, 0.29) is 17.9 Å². The van der Waals surface area contributed by atoms with Crippen molar-refractivity contribution in [1.82, 2.24) is 20.6 Å². The Bertz CT molecular complexity index is 1400. The molecule has 38 heavy (non-hydrogen) atoms. The Morgan fingerprint density at radius 3 is 2.74 bits per heavy atom. The average molecular weight is 530 g/mol. The molecule has 2 aromatic carbocycles. The molecule has 2 N–H and O–H groups in total. The number of hydrogen-bond acceptors (Lipinski definition) is 9. The van der Waals surface area contributed by atoms with E-state index in [1.807, 2.05) is 12.1 Å².